The number of carbonyl (C=O) groups excluding carboxylic acids is 2. The van der Waals surface area contributed by atoms with Gasteiger partial charge in [-0.3, -0.25) is 9.59 Å². The molecule has 0 radical (unpaired) electrons. The van der Waals surface area contributed by atoms with Crippen LogP contribution >= 0.6 is 0 Å². The quantitative estimate of drug-likeness (QED) is 0.845. The Kier molecular flexibility index (Phi) is 4.50. The minimum atomic E-state index is -0.213. The summed E-state index contributed by atoms with van der Waals surface area (Å²) in [6, 6.07) is 7.89. The Morgan fingerprint density at radius 2 is 2.00 bits per heavy atom. The van der Waals surface area contributed by atoms with E-state index in [1.807, 2.05) is 38.1 Å². The van der Waals surface area contributed by atoms with E-state index < -0.39 is 0 Å². The zero-order valence-electron chi connectivity index (χ0n) is 11.8. The van der Waals surface area contributed by atoms with Crippen molar-refractivity contribution in [2.45, 2.75) is 26.7 Å². The van der Waals surface area contributed by atoms with E-state index in [2.05, 4.69) is 15.8 Å². The molecule has 1 aromatic rings. The minimum Gasteiger partial charge on any atom is -0.356 e. The van der Waals surface area contributed by atoms with E-state index in [-0.39, 0.29) is 17.7 Å². The van der Waals surface area contributed by atoms with Gasteiger partial charge in [0, 0.05) is 12.3 Å². The second kappa shape index (κ2) is 6.32. The molecule has 1 aliphatic heterocycles. The molecule has 0 spiro atoms. The Morgan fingerprint density at radius 3 is 2.60 bits per heavy atom. The smallest absolute Gasteiger partial charge is 0.248 e. The van der Waals surface area contributed by atoms with E-state index in [0.717, 1.165) is 11.3 Å². The van der Waals surface area contributed by atoms with Crippen molar-refractivity contribution < 1.29 is 9.59 Å². The Hall–Kier alpha value is -2.17. The molecule has 5 heteroatoms. The standard InChI is InChI=1S/C15H19N3O2/c1-10-3-5-12(6-4-10)9-14(19)16-8-7-13-11(2)17-18-15(13)20/h3-6,13H,7-9H2,1-2H3,(H,16,19)(H,18,20)/t13-/m0/s1. The minimum absolute atomic E-state index is 0.0261. The third-order valence-electron chi connectivity index (χ3n) is 3.40. The number of hydrazone groups is 1. The van der Waals surface area contributed by atoms with Crippen LogP contribution in [0, 0.1) is 12.8 Å². The van der Waals surface area contributed by atoms with Crippen molar-refractivity contribution in [1.29, 1.82) is 0 Å². The van der Waals surface area contributed by atoms with Crippen LogP contribution in [0.5, 0.6) is 0 Å². The first-order valence-corrected chi connectivity index (χ1v) is 6.72. The number of hydrogen-bond donors (Lipinski definition) is 2. The molecule has 1 heterocycles. The molecule has 0 aliphatic carbocycles. The molecule has 0 saturated heterocycles. The van der Waals surface area contributed by atoms with Crippen molar-refractivity contribution in [3.63, 3.8) is 0 Å². The number of aryl methyl sites for hydroxylation is 1. The maximum absolute atomic E-state index is 11.8. The van der Waals surface area contributed by atoms with Gasteiger partial charge in [0.1, 0.15) is 0 Å². The molecule has 1 aliphatic rings. The van der Waals surface area contributed by atoms with Crippen LogP contribution < -0.4 is 10.7 Å². The summed E-state index contributed by atoms with van der Waals surface area (Å²) in [5.74, 6) is -0.327. The summed E-state index contributed by atoms with van der Waals surface area (Å²) < 4.78 is 0. The van der Waals surface area contributed by atoms with E-state index in [1.54, 1.807) is 0 Å². The lowest BCUT2D eigenvalue weighted by Gasteiger charge is -2.09. The molecule has 0 aromatic heterocycles. The van der Waals surface area contributed by atoms with E-state index in [9.17, 15) is 9.59 Å². The molecule has 20 heavy (non-hydrogen) atoms. The molecule has 0 bridgehead atoms. The van der Waals surface area contributed by atoms with E-state index in [4.69, 9.17) is 0 Å². The summed E-state index contributed by atoms with van der Waals surface area (Å²) in [6.45, 7) is 4.31. The molecule has 1 aromatic carbocycles. The fourth-order valence-corrected chi connectivity index (χ4v) is 2.14. The molecular weight excluding hydrogens is 254 g/mol. The molecule has 1 atom stereocenters. The fourth-order valence-electron chi connectivity index (χ4n) is 2.14. The number of rotatable bonds is 5. The highest BCUT2D eigenvalue weighted by Crippen LogP contribution is 2.10. The van der Waals surface area contributed by atoms with E-state index in [1.165, 1.54) is 5.56 Å². The number of carbonyl (C=O) groups is 2. The molecule has 0 unspecified atom stereocenters. The summed E-state index contributed by atoms with van der Waals surface area (Å²) >= 11 is 0. The molecule has 0 fully saturated rings. The summed E-state index contributed by atoms with van der Waals surface area (Å²) in [7, 11) is 0. The van der Waals surface area contributed by atoms with Gasteiger partial charge in [0.15, 0.2) is 0 Å². The third kappa shape index (κ3) is 3.66. The predicted octanol–water partition coefficient (Wildman–Crippen LogP) is 1.17. The van der Waals surface area contributed by atoms with Crippen LogP contribution in [0.3, 0.4) is 0 Å². The second-order valence-corrected chi connectivity index (χ2v) is 5.08. The van der Waals surface area contributed by atoms with Gasteiger partial charge < -0.3 is 5.32 Å². The lowest BCUT2D eigenvalue weighted by molar-refractivity contribution is -0.123. The summed E-state index contributed by atoms with van der Waals surface area (Å²) in [5, 5.41) is 6.72. The van der Waals surface area contributed by atoms with Crippen LogP contribution in [0.2, 0.25) is 0 Å². The van der Waals surface area contributed by atoms with Crippen LogP contribution in [-0.4, -0.2) is 24.1 Å². The van der Waals surface area contributed by atoms with E-state index >= 15 is 0 Å². The first kappa shape index (κ1) is 14.2. The maximum Gasteiger partial charge on any atom is 0.248 e. The van der Waals surface area contributed by atoms with Gasteiger partial charge in [-0.05, 0) is 25.8 Å². The van der Waals surface area contributed by atoms with E-state index in [0.29, 0.717) is 19.4 Å². The SMILES string of the molecule is CC1=NNC(=O)[C@H]1CCNC(=O)Cc1ccc(C)cc1. The molecule has 0 saturated carbocycles. The van der Waals surface area contributed by atoms with Crippen LogP contribution in [0.15, 0.2) is 29.4 Å². The fraction of sp³-hybridized carbons (Fsp3) is 0.400. The predicted molar refractivity (Wildman–Crippen MR) is 77.3 cm³/mol. The topological polar surface area (TPSA) is 70.6 Å². The monoisotopic (exact) mass is 273 g/mol. The van der Waals surface area contributed by atoms with Gasteiger partial charge in [-0.15, -0.1) is 0 Å². The summed E-state index contributed by atoms with van der Waals surface area (Å²) in [4.78, 5) is 23.2. The molecule has 106 valence electrons. The lowest BCUT2D eigenvalue weighted by atomic mass is 10.0. The van der Waals surface area contributed by atoms with Gasteiger partial charge in [0.2, 0.25) is 11.8 Å². The van der Waals surface area contributed by atoms with Crippen molar-refractivity contribution in [1.82, 2.24) is 10.7 Å². The lowest BCUT2D eigenvalue weighted by Crippen LogP contribution is -2.31. The zero-order valence-corrected chi connectivity index (χ0v) is 11.8. The van der Waals surface area contributed by atoms with Crippen molar-refractivity contribution in [3.05, 3.63) is 35.4 Å². The summed E-state index contributed by atoms with van der Waals surface area (Å²) in [6.07, 6.45) is 0.949. The molecular formula is C15H19N3O2. The van der Waals surface area contributed by atoms with Crippen LogP contribution in [0.1, 0.15) is 24.5 Å². The molecule has 2 N–H and O–H groups in total. The van der Waals surface area contributed by atoms with Crippen molar-refractivity contribution in [2.75, 3.05) is 6.54 Å². The van der Waals surface area contributed by atoms with Crippen molar-refractivity contribution in [3.8, 4) is 0 Å². The molecule has 5 nitrogen and oxygen atoms in total. The Labute approximate surface area is 118 Å². The van der Waals surface area contributed by atoms with Gasteiger partial charge in [0.25, 0.3) is 0 Å². The number of nitrogens with zero attached hydrogens (tertiary/aromatic N) is 1. The number of amides is 2. The Morgan fingerprint density at radius 1 is 1.30 bits per heavy atom. The largest absolute Gasteiger partial charge is 0.356 e. The summed E-state index contributed by atoms with van der Waals surface area (Å²) in [5.41, 5.74) is 5.39. The average molecular weight is 273 g/mol. The normalized spacial score (nSPS) is 17.6. The first-order chi connectivity index (χ1) is 9.56. The second-order valence-electron chi connectivity index (χ2n) is 5.08. The molecule has 2 amide bonds. The highest BCUT2D eigenvalue weighted by molar-refractivity contribution is 6.06. The Bertz CT molecular complexity index is 535. The average Bonchev–Trinajstić information content (AvgIpc) is 2.73. The van der Waals surface area contributed by atoms with Crippen LogP contribution in [0.4, 0.5) is 0 Å². The highest BCUT2D eigenvalue weighted by atomic mass is 16.2. The van der Waals surface area contributed by atoms with Gasteiger partial charge in [-0.25, -0.2) is 5.43 Å². The molecule has 2 rings (SSSR count). The van der Waals surface area contributed by atoms with Gasteiger partial charge >= 0.3 is 0 Å². The van der Waals surface area contributed by atoms with Crippen LogP contribution in [0.25, 0.3) is 0 Å². The first-order valence-electron chi connectivity index (χ1n) is 6.72. The Balaban J connectivity index is 1.74. The maximum atomic E-state index is 11.8. The van der Waals surface area contributed by atoms with Crippen molar-refractivity contribution >= 4 is 17.5 Å². The van der Waals surface area contributed by atoms with Crippen LogP contribution in [-0.2, 0) is 16.0 Å². The number of hydrogen-bond acceptors (Lipinski definition) is 3. The third-order valence-corrected chi connectivity index (χ3v) is 3.40. The number of nitrogens with one attached hydrogen (secondary N) is 2. The van der Waals surface area contributed by atoms with Crippen molar-refractivity contribution in [2.24, 2.45) is 11.0 Å². The number of benzene rings is 1. The van der Waals surface area contributed by atoms with Gasteiger partial charge in [0.05, 0.1) is 12.3 Å². The van der Waals surface area contributed by atoms with Gasteiger partial charge in [-0.1, -0.05) is 29.8 Å². The van der Waals surface area contributed by atoms with Gasteiger partial charge in [-0.2, -0.15) is 5.10 Å². The highest BCUT2D eigenvalue weighted by Gasteiger charge is 2.26. The zero-order chi connectivity index (χ0) is 14.5.